The fraction of sp³-hybridized carbons (Fsp3) is 0.800. The molecule has 1 N–H and O–H groups in total. The number of aliphatic hydroxyl groups is 1. The molecule has 0 rings (SSSR count). The normalized spacial score (nSPS) is 15.6. The van der Waals surface area contributed by atoms with Crippen molar-refractivity contribution < 1.29 is 9.84 Å². The first-order valence-electron chi connectivity index (χ1n) is 4.44. The first-order chi connectivity index (χ1) is 5.72. The van der Waals surface area contributed by atoms with Gasteiger partial charge in [-0.15, -0.1) is 0 Å². The summed E-state index contributed by atoms with van der Waals surface area (Å²) in [5.41, 5.74) is 0. The quantitative estimate of drug-likeness (QED) is 0.592. The second-order valence-corrected chi connectivity index (χ2v) is 3.15. The average Bonchev–Trinajstić information content (AvgIpc) is 2.10. The van der Waals surface area contributed by atoms with E-state index in [9.17, 15) is 5.11 Å². The molecule has 2 nitrogen and oxygen atoms in total. The van der Waals surface area contributed by atoms with E-state index in [-0.39, 0.29) is 5.92 Å². The van der Waals surface area contributed by atoms with Gasteiger partial charge in [-0.3, -0.25) is 0 Å². The second kappa shape index (κ2) is 7.32. The van der Waals surface area contributed by atoms with Crippen molar-refractivity contribution in [2.24, 2.45) is 5.92 Å². The third kappa shape index (κ3) is 5.33. The lowest BCUT2D eigenvalue weighted by atomic mass is 9.98. The summed E-state index contributed by atoms with van der Waals surface area (Å²) in [4.78, 5) is 0. The summed E-state index contributed by atoms with van der Waals surface area (Å²) in [5, 5.41) is 9.27. The van der Waals surface area contributed by atoms with Crippen LogP contribution in [0, 0.1) is 12.5 Å². The van der Waals surface area contributed by atoms with Crippen LogP contribution in [-0.4, -0.2) is 24.9 Å². The monoisotopic (exact) mass is 171 g/mol. The molecule has 0 aromatic carbocycles. The largest absolute Gasteiger partial charge is 0.389 e. The number of ether oxygens (including phenoxy) is 1. The van der Waals surface area contributed by atoms with Gasteiger partial charge in [0.15, 0.2) is 0 Å². The average molecular weight is 171 g/mol. The van der Waals surface area contributed by atoms with Crippen LogP contribution in [0.2, 0.25) is 0 Å². The predicted molar refractivity (Wildman–Crippen MR) is 49.8 cm³/mol. The van der Waals surface area contributed by atoms with Crippen molar-refractivity contribution in [1.82, 2.24) is 0 Å². The Labute approximate surface area is 75.2 Å². The van der Waals surface area contributed by atoms with E-state index in [4.69, 9.17) is 11.3 Å². The molecule has 0 aromatic rings. The molecular formula is C10H19O2. The van der Waals surface area contributed by atoms with Crippen molar-refractivity contribution in [2.45, 2.75) is 32.3 Å². The summed E-state index contributed by atoms with van der Waals surface area (Å²) < 4.78 is 4.92. The van der Waals surface area contributed by atoms with Crippen LogP contribution in [0.15, 0.2) is 6.08 Å². The summed E-state index contributed by atoms with van der Waals surface area (Å²) in [6.45, 7) is 8.01. The van der Waals surface area contributed by atoms with Gasteiger partial charge in [0.2, 0.25) is 0 Å². The number of unbranched alkanes of at least 4 members (excludes halogenated alkanes) is 1. The van der Waals surface area contributed by atoms with E-state index < -0.39 is 6.10 Å². The molecule has 0 aromatic heterocycles. The van der Waals surface area contributed by atoms with E-state index in [2.05, 4.69) is 0 Å². The Morgan fingerprint density at radius 1 is 1.50 bits per heavy atom. The molecule has 0 heterocycles. The highest BCUT2D eigenvalue weighted by atomic mass is 16.5. The molecule has 1 radical (unpaired) electrons. The lowest BCUT2D eigenvalue weighted by Gasteiger charge is -2.14. The van der Waals surface area contributed by atoms with Crippen LogP contribution in [0.3, 0.4) is 0 Å². The Morgan fingerprint density at radius 3 is 2.67 bits per heavy atom. The molecule has 0 amide bonds. The summed E-state index contributed by atoms with van der Waals surface area (Å²) in [7, 11) is 1.70. The molecule has 2 heteroatoms. The lowest BCUT2D eigenvalue weighted by molar-refractivity contribution is 0.148. The van der Waals surface area contributed by atoms with Gasteiger partial charge < -0.3 is 9.84 Å². The van der Waals surface area contributed by atoms with Crippen molar-refractivity contribution in [1.29, 1.82) is 0 Å². The Bertz CT molecular complexity index is 112. The highest BCUT2D eigenvalue weighted by Crippen LogP contribution is 2.12. The lowest BCUT2D eigenvalue weighted by Crippen LogP contribution is -2.14. The van der Waals surface area contributed by atoms with Crippen LogP contribution in [0.4, 0.5) is 0 Å². The maximum Gasteiger partial charge on any atom is 0.0749 e. The first kappa shape index (κ1) is 11.7. The van der Waals surface area contributed by atoms with Gasteiger partial charge in [0.05, 0.1) is 6.10 Å². The molecule has 0 bridgehead atoms. The molecule has 1 unspecified atom stereocenters. The standard InChI is InChI=1S/C10H19O2/c1-4-10(11)9(2)7-5-6-8-12-3/h1,4,9-11H,5-8H2,2-3H3/t9-,10?/m1/s1. The Balaban J connectivity index is 3.30. The predicted octanol–water partition coefficient (Wildman–Crippen LogP) is 1.79. The van der Waals surface area contributed by atoms with Gasteiger partial charge >= 0.3 is 0 Å². The SMILES string of the molecule is [CH]=CC(O)[C@H](C)CCCCOC. The fourth-order valence-corrected chi connectivity index (χ4v) is 1.07. The van der Waals surface area contributed by atoms with Gasteiger partial charge in [0, 0.05) is 13.7 Å². The minimum absolute atomic E-state index is 0.256. The Hall–Kier alpha value is -0.340. The molecule has 0 saturated heterocycles. The molecular weight excluding hydrogens is 152 g/mol. The molecule has 0 aliphatic carbocycles. The third-order valence-electron chi connectivity index (χ3n) is 2.04. The van der Waals surface area contributed by atoms with Gasteiger partial charge in [-0.25, -0.2) is 0 Å². The summed E-state index contributed by atoms with van der Waals surface area (Å²) in [6, 6.07) is 0. The van der Waals surface area contributed by atoms with Crippen molar-refractivity contribution in [3.05, 3.63) is 12.7 Å². The van der Waals surface area contributed by atoms with E-state index in [1.807, 2.05) is 6.92 Å². The fourth-order valence-electron chi connectivity index (χ4n) is 1.07. The van der Waals surface area contributed by atoms with E-state index >= 15 is 0 Å². The first-order valence-corrected chi connectivity index (χ1v) is 4.44. The summed E-state index contributed by atoms with van der Waals surface area (Å²) in [6.07, 6.45) is 4.02. The summed E-state index contributed by atoms with van der Waals surface area (Å²) in [5.74, 6) is 0.256. The minimum Gasteiger partial charge on any atom is -0.389 e. The zero-order chi connectivity index (χ0) is 9.40. The number of hydrogen-bond donors (Lipinski definition) is 1. The Kier molecular flexibility index (Phi) is 7.11. The number of methoxy groups -OCH3 is 1. The van der Waals surface area contributed by atoms with Crippen LogP contribution in [0.1, 0.15) is 26.2 Å². The van der Waals surface area contributed by atoms with E-state index in [0.717, 1.165) is 25.9 Å². The highest BCUT2D eigenvalue weighted by Gasteiger charge is 2.09. The summed E-state index contributed by atoms with van der Waals surface area (Å²) >= 11 is 0. The van der Waals surface area contributed by atoms with E-state index in [1.54, 1.807) is 7.11 Å². The van der Waals surface area contributed by atoms with Crippen molar-refractivity contribution >= 4 is 0 Å². The van der Waals surface area contributed by atoms with E-state index in [1.165, 1.54) is 6.08 Å². The molecule has 2 atom stereocenters. The third-order valence-corrected chi connectivity index (χ3v) is 2.04. The van der Waals surface area contributed by atoms with Gasteiger partial charge in [-0.2, -0.15) is 0 Å². The van der Waals surface area contributed by atoms with Gasteiger partial charge in [-0.1, -0.05) is 26.0 Å². The molecule has 0 spiro atoms. The molecule has 0 saturated carbocycles. The van der Waals surface area contributed by atoms with Gasteiger partial charge in [-0.05, 0) is 18.8 Å². The number of hydrogen-bond acceptors (Lipinski definition) is 2. The molecule has 0 fully saturated rings. The van der Waals surface area contributed by atoms with Crippen molar-refractivity contribution in [3.63, 3.8) is 0 Å². The van der Waals surface area contributed by atoms with Crippen molar-refractivity contribution in [2.75, 3.05) is 13.7 Å². The zero-order valence-corrected chi connectivity index (χ0v) is 7.99. The van der Waals surface area contributed by atoms with Crippen LogP contribution >= 0.6 is 0 Å². The van der Waals surface area contributed by atoms with Crippen molar-refractivity contribution in [3.8, 4) is 0 Å². The molecule has 71 valence electrons. The molecule has 0 aliphatic rings. The van der Waals surface area contributed by atoms with Crippen LogP contribution in [-0.2, 0) is 4.74 Å². The maximum atomic E-state index is 9.27. The molecule has 12 heavy (non-hydrogen) atoms. The zero-order valence-electron chi connectivity index (χ0n) is 7.99. The smallest absolute Gasteiger partial charge is 0.0749 e. The Morgan fingerprint density at radius 2 is 2.17 bits per heavy atom. The van der Waals surface area contributed by atoms with Gasteiger partial charge in [0.25, 0.3) is 0 Å². The number of rotatable bonds is 7. The minimum atomic E-state index is -0.465. The molecule has 0 aliphatic heterocycles. The highest BCUT2D eigenvalue weighted by molar-refractivity contribution is 4.79. The number of aliphatic hydroxyl groups excluding tert-OH is 1. The van der Waals surface area contributed by atoms with Crippen LogP contribution in [0.25, 0.3) is 0 Å². The van der Waals surface area contributed by atoms with Gasteiger partial charge in [0.1, 0.15) is 0 Å². The van der Waals surface area contributed by atoms with E-state index in [0.29, 0.717) is 0 Å². The topological polar surface area (TPSA) is 29.5 Å². The van der Waals surface area contributed by atoms with Crippen LogP contribution in [0.5, 0.6) is 0 Å². The maximum absolute atomic E-state index is 9.27. The second-order valence-electron chi connectivity index (χ2n) is 3.15. The van der Waals surface area contributed by atoms with Crippen LogP contribution < -0.4 is 0 Å².